The maximum atomic E-state index is 12.0. The number of amidine groups is 1. The molecule has 1 fully saturated rings. The highest BCUT2D eigenvalue weighted by atomic mass is 16.4. The zero-order valence-corrected chi connectivity index (χ0v) is 11.3. The van der Waals surface area contributed by atoms with Crippen molar-refractivity contribution in [2.75, 3.05) is 27.2 Å². The molecule has 1 aliphatic rings. The Morgan fingerprint density at radius 1 is 1.32 bits per heavy atom. The van der Waals surface area contributed by atoms with Crippen molar-refractivity contribution in [1.82, 2.24) is 15.5 Å². The summed E-state index contributed by atoms with van der Waals surface area (Å²) in [4.78, 5) is 24.7. The van der Waals surface area contributed by atoms with Crippen LogP contribution in [0.15, 0.2) is 5.16 Å². The van der Waals surface area contributed by atoms with Crippen molar-refractivity contribution < 1.29 is 14.8 Å². The molecule has 0 aliphatic heterocycles. The maximum absolute atomic E-state index is 12.0. The number of urea groups is 1. The van der Waals surface area contributed by atoms with Crippen LogP contribution in [0, 0.1) is 5.41 Å². The summed E-state index contributed by atoms with van der Waals surface area (Å²) >= 11 is 0. The van der Waals surface area contributed by atoms with Crippen molar-refractivity contribution in [3.8, 4) is 0 Å². The van der Waals surface area contributed by atoms with Crippen LogP contribution in [0.25, 0.3) is 0 Å². The Morgan fingerprint density at radius 2 is 1.89 bits per heavy atom. The average molecular weight is 271 g/mol. The fraction of sp³-hybridized carbons (Fsp3) is 0.727. The lowest BCUT2D eigenvalue weighted by Crippen LogP contribution is -2.55. The van der Waals surface area contributed by atoms with Gasteiger partial charge in [-0.25, -0.2) is 4.79 Å². The molecule has 0 aromatic heterocycles. The number of carbonyl (C=O) groups excluding carboxylic acids is 2. The molecule has 108 valence electrons. The van der Waals surface area contributed by atoms with E-state index in [4.69, 9.17) is 10.9 Å². The van der Waals surface area contributed by atoms with E-state index in [2.05, 4.69) is 15.8 Å². The van der Waals surface area contributed by atoms with Gasteiger partial charge in [0.25, 0.3) is 0 Å². The van der Waals surface area contributed by atoms with E-state index < -0.39 is 5.41 Å². The van der Waals surface area contributed by atoms with Gasteiger partial charge in [-0.3, -0.25) is 4.79 Å². The van der Waals surface area contributed by atoms with Crippen molar-refractivity contribution in [2.45, 2.75) is 19.3 Å². The van der Waals surface area contributed by atoms with E-state index in [1.165, 1.54) is 4.90 Å². The van der Waals surface area contributed by atoms with E-state index in [0.29, 0.717) is 25.9 Å². The fourth-order valence-corrected chi connectivity index (χ4v) is 1.90. The number of amides is 3. The standard InChI is InChI=1S/C11H21N5O3/c1-16(2)10(18)14-7-6-13-9(17)11(4-3-5-11)8(12)15-19/h19H,3-7H2,1-2H3,(H2,12,15)(H,13,17)(H,14,18). The predicted molar refractivity (Wildman–Crippen MR) is 69.8 cm³/mol. The second-order valence-corrected chi connectivity index (χ2v) is 4.80. The SMILES string of the molecule is CN(C)C(=O)NCCNC(=O)C1(C(N)=NO)CCC1. The number of oxime groups is 1. The molecular formula is C11H21N5O3. The highest BCUT2D eigenvalue weighted by Crippen LogP contribution is 2.41. The van der Waals surface area contributed by atoms with E-state index in [1.54, 1.807) is 14.1 Å². The summed E-state index contributed by atoms with van der Waals surface area (Å²) in [6.45, 7) is 0.633. The van der Waals surface area contributed by atoms with Crippen LogP contribution >= 0.6 is 0 Å². The summed E-state index contributed by atoms with van der Waals surface area (Å²) in [6.07, 6.45) is 2.04. The van der Waals surface area contributed by atoms with Crippen molar-refractivity contribution in [3.05, 3.63) is 0 Å². The number of nitrogens with zero attached hydrogens (tertiary/aromatic N) is 2. The van der Waals surface area contributed by atoms with Crippen LogP contribution in [-0.2, 0) is 4.79 Å². The van der Waals surface area contributed by atoms with Gasteiger partial charge in [-0.1, -0.05) is 11.6 Å². The van der Waals surface area contributed by atoms with Gasteiger partial charge in [0, 0.05) is 27.2 Å². The summed E-state index contributed by atoms with van der Waals surface area (Å²) in [5.74, 6) is -0.304. The molecule has 0 bridgehead atoms. The lowest BCUT2D eigenvalue weighted by atomic mass is 9.67. The number of carbonyl (C=O) groups is 2. The van der Waals surface area contributed by atoms with Gasteiger partial charge in [0.1, 0.15) is 5.41 Å². The molecule has 5 N–H and O–H groups in total. The molecule has 1 rings (SSSR count). The first kappa shape index (κ1) is 15.1. The first-order valence-corrected chi connectivity index (χ1v) is 6.15. The lowest BCUT2D eigenvalue weighted by Gasteiger charge is -2.38. The largest absolute Gasteiger partial charge is 0.409 e. The van der Waals surface area contributed by atoms with E-state index in [0.717, 1.165) is 6.42 Å². The Bertz CT molecular complexity index is 377. The Hall–Kier alpha value is -1.99. The zero-order chi connectivity index (χ0) is 14.5. The zero-order valence-electron chi connectivity index (χ0n) is 11.3. The van der Waals surface area contributed by atoms with Crippen LogP contribution in [0.4, 0.5) is 4.79 Å². The van der Waals surface area contributed by atoms with Gasteiger partial charge in [-0.15, -0.1) is 0 Å². The molecule has 8 heteroatoms. The summed E-state index contributed by atoms with van der Waals surface area (Å²) in [6, 6.07) is -0.218. The van der Waals surface area contributed by atoms with Gasteiger partial charge in [0.05, 0.1) is 0 Å². The van der Waals surface area contributed by atoms with Gasteiger partial charge in [0.15, 0.2) is 5.84 Å². The van der Waals surface area contributed by atoms with Crippen molar-refractivity contribution in [1.29, 1.82) is 0 Å². The smallest absolute Gasteiger partial charge is 0.316 e. The summed E-state index contributed by atoms with van der Waals surface area (Å²) in [5, 5.41) is 17.0. The van der Waals surface area contributed by atoms with Crippen molar-refractivity contribution in [3.63, 3.8) is 0 Å². The molecule has 0 atom stereocenters. The number of rotatable bonds is 5. The molecule has 3 amide bonds. The Labute approximate surface area is 112 Å². The number of nitrogens with two attached hydrogens (primary N) is 1. The van der Waals surface area contributed by atoms with Crippen LogP contribution in [0.2, 0.25) is 0 Å². The molecule has 0 saturated heterocycles. The van der Waals surface area contributed by atoms with E-state index in [1.807, 2.05) is 0 Å². The molecule has 8 nitrogen and oxygen atoms in total. The fourth-order valence-electron chi connectivity index (χ4n) is 1.90. The van der Waals surface area contributed by atoms with Gasteiger partial charge in [-0.05, 0) is 12.8 Å². The molecule has 0 aromatic rings. The molecule has 0 aromatic carbocycles. The van der Waals surface area contributed by atoms with Gasteiger partial charge in [0.2, 0.25) is 5.91 Å². The minimum Gasteiger partial charge on any atom is -0.409 e. The molecule has 0 heterocycles. The number of nitrogens with one attached hydrogen (secondary N) is 2. The van der Waals surface area contributed by atoms with Gasteiger partial charge >= 0.3 is 6.03 Å². The highest BCUT2D eigenvalue weighted by Gasteiger charge is 2.48. The number of hydrogen-bond donors (Lipinski definition) is 4. The molecule has 1 aliphatic carbocycles. The predicted octanol–water partition coefficient (Wildman–Crippen LogP) is -0.709. The quantitative estimate of drug-likeness (QED) is 0.173. The van der Waals surface area contributed by atoms with E-state index in [9.17, 15) is 9.59 Å². The van der Waals surface area contributed by atoms with Crippen molar-refractivity contribution in [2.24, 2.45) is 16.3 Å². The van der Waals surface area contributed by atoms with Crippen LogP contribution in [0.3, 0.4) is 0 Å². The average Bonchev–Trinajstić information content (AvgIpc) is 2.32. The third-order valence-corrected chi connectivity index (χ3v) is 3.33. The molecule has 1 saturated carbocycles. The Morgan fingerprint density at radius 3 is 2.32 bits per heavy atom. The minimum absolute atomic E-state index is 0.0476. The van der Waals surface area contributed by atoms with Gasteiger partial charge in [-0.2, -0.15) is 0 Å². The third kappa shape index (κ3) is 3.27. The van der Waals surface area contributed by atoms with Gasteiger partial charge < -0.3 is 26.5 Å². The van der Waals surface area contributed by atoms with Crippen molar-refractivity contribution >= 4 is 17.8 Å². The van der Waals surface area contributed by atoms with Crippen LogP contribution in [-0.4, -0.2) is 55.1 Å². The van der Waals surface area contributed by atoms with E-state index in [-0.39, 0.29) is 17.8 Å². The monoisotopic (exact) mass is 271 g/mol. The second kappa shape index (κ2) is 6.26. The lowest BCUT2D eigenvalue weighted by molar-refractivity contribution is -0.131. The minimum atomic E-state index is -0.875. The van der Waals surface area contributed by atoms with Crippen LogP contribution < -0.4 is 16.4 Å². The topological polar surface area (TPSA) is 120 Å². The molecular weight excluding hydrogens is 250 g/mol. The van der Waals surface area contributed by atoms with Crippen LogP contribution in [0.1, 0.15) is 19.3 Å². The second-order valence-electron chi connectivity index (χ2n) is 4.80. The summed E-state index contributed by atoms with van der Waals surface area (Å²) in [7, 11) is 3.27. The molecule has 0 unspecified atom stereocenters. The molecule has 0 radical (unpaired) electrons. The Balaban J connectivity index is 2.37. The first-order chi connectivity index (χ1) is 8.94. The first-order valence-electron chi connectivity index (χ1n) is 6.15. The highest BCUT2D eigenvalue weighted by molar-refractivity contribution is 6.07. The maximum Gasteiger partial charge on any atom is 0.316 e. The normalized spacial score (nSPS) is 17.3. The number of hydrogen-bond acceptors (Lipinski definition) is 4. The summed E-state index contributed by atoms with van der Waals surface area (Å²) in [5.41, 5.74) is 4.69. The van der Waals surface area contributed by atoms with Crippen LogP contribution in [0.5, 0.6) is 0 Å². The third-order valence-electron chi connectivity index (χ3n) is 3.33. The van der Waals surface area contributed by atoms with E-state index >= 15 is 0 Å². The Kier molecular flexibility index (Phi) is 4.96. The molecule has 0 spiro atoms. The molecule has 19 heavy (non-hydrogen) atoms. The summed E-state index contributed by atoms with van der Waals surface area (Å²) < 4.78 is 0.